The summed E-state index contributed by atoms with van der Waals surface area (Å²) in [7, 11) is 1.67. The highest BCUT2D eigenvalue weighted by molar-refractivity contribution is 5.42. The highest BCUT2D eigenvalue weighted by Gasteiger charge is 2.05. The fourth-order valence-corrected chi connectivity index (χ4v) is 1.41. The first-order valence-electron chi connectivity index (χ1n) is 4.50. The Kier molecular flexibility index (Phi) is 3.32. The summed E-state index contributed by atoms with van der Waals surface area (Å²) in [5.41, 5.74) is 3.21. The van der Waals surface area contributed by atoms with Gasteiger partial charge < -0.3 is 9.84 Å². The van der Waals surface area contributed by atoms with Gasteiger partial charge in [0.25, 0.3) is 0 Å². The number of ether oxygens (including phenoxy) is 1. The molecule has 1 N–H and O–H groups in total. The number of aryl methyl sites for hydroxylation is 2. The molecule has 0 heterocycles. The number of benzene rings is 1. The number of hydrogen-bond acceptors (Lipinski definition) is 2. The van der Waals surface area contributed by atoms with E-state index in [4.69, 9.17) is 9.84 Å². The van der Waals surface area contributed by atoms with Crippen molar-refractivity contribution in [3.05, 3.63) is 28.8 Å². The maximum atomic E-state index is 9.06. The Hall–Kier alpha value is -1.02. The van der Waals surface area contributed by atoms with E-state index in [2.05, 4.69) is 6.92 Å². The first kappa shape index (κ1) is 10.1. The quantitative estimate of drug-likeness (QED) is 0.771. The average molecular weight is 180 g/mol. The van der Waals surface area contributed by atoms with Crippen molar-refractivity contribution in [3.8, 4) is 5.75 Å². The van der Waals surface area contributed by atoms with Crippen LogP contribution in [0.15, 0.2) is 12.1 Å². The molecule has 0 fully saturated rings. The second-order valence-corrected chi connectivity index (χ2v) is 3.10. The third-order valence-corrected chi connectivity index (χ3v) is 2.29. The van der Waals surface area contributed by atoms with Crippen LogP contribution in [0.1, 0.15) is 23.6 Å². The number of hydrogen-bond donors (Lipinski definition) is 1. The number of methoxy groups -OCH3 is 1. The molecule has 0 atom stereocenters. The smallest absolute Gasteiger partial charge is 0.122 e. The molecular formula is C11H16O2. The fourth-order valence-electron chi connectivity index (χ4n) is 1.41. The normalized spacial score (nSPS) is 10.2. The van der Waals surface area contributed by atoms with Gasteiger partial charge in [0.1, 0.15) is 5.75 Å². The minimum atomic E-state index is 0.100. The zero-order valence-electron chi connectivity index (χ0n) is 8.42. The minimum absolute atomic E-state index is 0.100. The molecule has 0 aliphatic heterocycles. The number of aliphatic hydroxyl groups excluding tert-OH is 1. The molecule has 0 radical (unpaired) electrons. The van der Waals surface area contributed by atoms with Crippen molar-refractivity contribution >= 4 is 0 Å². The van der Waals surface area contributed by atoms with E-state index in [1.807, 2.05) is 19.1 Å². The first-order valence-corrected chi connectivity index (χ1v) is 4.50. The van der Waals surface area contributed by atoms with Crippen LogP contribution in [0.5, 0.6) is 5.75 Å². The van der Waals surface area contributed by atoms with Gasteiger partial charge in [-0.2, -0.15) is 0 Å². The summed E-state index contributed by atoms with van der Waals surface area (Å²) >= 11 is 0. The summed E-state index contributed by atoms with van der Waals surface area (Å²) in [4.78, 5) is 0. The van der Waals surface area contributed by atoms with Gasteiger partial charge in [-0.05, 0) is 42.2 Å². The summed E-state index contributed by atoms with van der Waals surface area (Å²) in [5.74, 6) is 0.914. The van der Waals surface area contributed by atoms with E-state index in [9.17, 15) is 0 Å². The first-order chi connectivity index (χ1) is 6.22. The summed E-state index contributed by atoms with van der Waals surface area (Å²) in [6.07, 6.45) is 0.927. The van der Waals surface area contributed by atoms with Crippen LogP contribution >= 0.6 is 0 Å². The van der Waals surface area contributed by atoms with Crippen molar-refractivity contribution in [3.63, 3.8) is 0 Å². The molecular weight excluding hydrogens is 164 g/mol. The highest BCUT2D eigenvalue weighted by Crippen LogP contribution is 2.23. The van der Waals surface area contributed by atoms with Crippen LogP contribution < -0.4 is 4.74 Å². The molecule has 0 aliphatic rings. The Labute approximate surface area is 79.2 Å². The van der Waals surface area contributed by atoms with Crippen molar-refractivity contribution in [2.45, 2.75) is 26.9 Å². The van der Waals surface area contributed by atoms with E-state index in [1.54, 1.807) is 7.11 Å². The molecule has 72 valence electrons. The SMILES string of the molecule is CCc1cc(CO)c(C)cc1OC. The monoisotopic (exact) mass is 180 g/mol. The average Bonchev–Trinajstić information content (AvgIpc) is 2.17. The number of aliphatic hydroxyl groups is 1. The third-order valence-electron chi connectivity index (χ3n) is 2.29. The molecule has 13 heavy (non-hydrogen) atoms. The molecule has 2 heteroatoms. The van der Waals surface area contributed by atoms with Crippen molar-refractivity contribution in [2.75, 3.05) is 7.11 Å². The van der Waals surface area contributed by atoms with Gasteiger partial charge in [0, 0.05) is 0 Å². The number of rotatable bonds is 3. The molecule has 1 aromatic rings. The predicted molar refractivity (Wildman–Crippen MR) is 53.0 cm³/mol. The molecule has 1 aromatic carbocycles. The molecule has 0 saturated carbocycles. The van der Waals surface area contributed by atoms with Crippen molar-refractivity contribution in [1.82, 2.24) is 0 Å². The molecule has 0 aromatic heterocycles. The fraction of sp³-hybridized carbons (Fsp3) is 0.455. The van der Waals surface area contributed by atoms with E-state index in [0.717, 1.165) is 28.9 Å². The summed E-state index contributed by atoms with van der Waals surface area (Å²) in [6, 6.07) is 3.98. The van der Waals surface area contributed by atoms with Gasteiger partial charge in [0.05, 0.1) is 13.7 Å². The Bertz CT molecular complexity index is 292. The predicted octanol–water partition coefficient (Wildman–Crippen LogP) is 2.06. The highest BCUT2D eigenvalue weighted by atomic mass is 16.5. The summed E-state index contributed by atoms with van der Waals surface area (Å²) < 4.78 is 5.23. The van der Waals surface area contributed by atoms with Crippen LogP contribution in [0.4, 0.5) is 0 Å². The van der Waals surface area contributed by atoms with Crippen LogP contribution in [0.2, 0.25) is 0 Å². The third kappa shape index (κ3) is 2.01. The minimum Gasteiger partial charge on any atom is -0.496 e. The zero-order valence-corrected chi connectivity index (χ0v) is 8.42. The van der Waals surface area contributed by atoms with Gasteiger partial charge in [0.2, 0.25) is 0 Å². The molecule has 1 rings (SSSR count). The van der Waals surface area contributed by atoms with Crippen LogP contribution in [-0.4, -0.2) is 12.2 Å². The van der Waals surface area contributed by atoms with Gasteiger partial charge in [-0.15, -0.1) is 0 Å². The molecule has 0 amide bonds. The van der Waals surface area contributed by atoms with Gasteiger partial charge in [-0.25, -0.2) is 0 Å². The summed E-state index contributed by atoms with van der Waals surface area (Å²) in [6.45, 7) is 4.16. The largest absolute Gasteiger partial charge is 0.496 e. The Morgan fingerprint density at radius 1 is 1.31 bits per heavy atom. The Morgan fingerprint density at radius 2 is 2.00 bits per heavy atom. The standard InChI is InChI=1S/C11H16O2/c1-4-9-6-10(7-12)8(2)5-11(9)13-3/h5-6,12H,4,7H2,1-3H3. The van der Waals surface area contributed by atoms with Gasteiger partial charge in [-0.1, -0.05) is 6.92 Å². The Morgan fingerprint density at radius 3 is 2.46 bits per heavy atom. The van der Waals surface area contributed by atoms with Gasteiger partial charge in [0.15, 0.2) is 0 Å². The molecule has 0 spiro atoms. The van der Waals surface area contributed by atoms with Crippen molar-refractivity contribution < 1.29 is 9.84 Å². The van der Waals surface area contributed by atoms with Gasteiger partial charge >= 0.3 is 0 Å². The summed E-state index contributed by atoms with van der Waals surface area (Å²) in [5, 5.41) is 9.06. The van der Waals surface area contributed by atoms with E-state index in [1.165, 1.54) is 0 Å². The molecule has 0 aliphatic carbocycles. The lowest BCUT2D eigenvalue weighted by molar-refractivity contribution is 0.280. The van der Waals surface area contributed by atoms with Crippen LogP contribution in [0, 0.1) is 6.92 Å². The lowest BCUT2D eigenvalue weighted by atomic mass is 10.0. The topological polar surface area (TPSA) is 29.5 Å². The second-order valence-electron chi connectivity index (χ2n) is 3.10. The van der Waals surface area contributed by atoms with E-state index in [0.29, 0.717) is 0 Å². The molecule has 0 saturated heterocycles. The van der Waals surface area contributed by atoms with Crippen molar-refractivity contribution in [1.29, 1.82) is 0 Å². The van der Waals surface area contributed by atoms with Crippen molar-refractivity contribution in [2.24, 2.45) is 0 Å². The molecule has 0 bridgehead atoms. The lowest BCUT2D eigenvalue weighted by Gasteiger charge is -2.10. The second kappa shape index (κ2) is 4.28. The van der Waals surface area contributed by atoms with E-state index >= 15 is 0 Å². The lowest BCUT2D eigenvalue weighted by Crippen LogP contribution is -1.96. The maximum absolute atomic E-state index is 9.06. The van der Waals surface area contributed by atoms with Crippen LogP contribution in [0.3, 0.4) is 0 Å². The molecule has 2 nitrogen and oxygen atoms in total. The van der Waals surface area contributed by atoms with E-state index in [-0.39, 0.29) is 6.61 Å². The van der Waals surface area contributed by atoms with Gasteiger partial charge in [-0.3, -0.25) is 0 Å². The van der Waals surface area contributed by atoms with Crippen LogP contribution in [-0.2, 0) is 13.0 Å². The molecule has 0 unspecified atom stereocenters. The van der Waals surface area contributed by atoms with E-state index < -0.39 is 0 Å². The Balaban J connectivity index is 3.18. The zero-order chi connectivity index (χ0) is 9.84. The van der Waals surface area contributed by atoms with Crippen LogP contribution in [0.25, 0.3) is 0 Å². The maximum Gasteiger partial charge on any atom is 0.122 e.